The van der Waals surface area contributed by atoms with Crippen LogP contribution in [0.2, 0.25) is 0 Å². The second-order valence-electron chi connectivity index (χ2n) is 16.4. The Balaban J connectivity index is 1.06. The summed E-state index contributed by atoms with van der Waals surface area (Å²) in [5.41, 5.74) is 19.1. The Bertz CT molecular complexity index is 2990. The van der Waals surface area contributed by atoms with Crippen LogP contribution in [0.1, 0.15) is 29.5 Å². The lowest BCUT2D eigenvalue weighted by molar-refractivity contribution is 0.693. The van der Waals surface area contributed by atoms with Crippen molar-refractivity contribution in [3.05, 3.63) is 277 Å². The fourth-order valence-corrected chi connectivity index (χ4v) is 10.0. The maximum atomic E-state index is 2.49. The van der Waals surface area contributed by atoms with Gasteiger partial charge in [0.2, 0.25) is 0 Å². The van der Waals surface area contributed by atoms with Crippen LogP contribution >= 0.6 is 0 Å². The van der Waals surface area contributed by atoms with Crippen LogP contribution in [0.25, 0.3) is 33.4 Å². The molecule has 2 aliphatic rings. The van der Waals surface area contributed by atoms with Crippen molar-refractivity contribution in [1.29, 1.82) is 0 Å². The van der Waals surface area contributed by atoms with Gasteiger partial charge in [0, 0.05) is 34.1 Å². The fraction of sp³-hybridized carbons (Fsp3) is 0.0492. The number of fused-ring (bicyclic) bond motifs is 3. The fourth-order valence-electron chi connectivity index (χ4n) is 10.0. The van der Waals surface area contributed by atoms with Crippen molar-refractivity contribution in [2.75, 3.05) is 9.80 Å². The van der Waals surface area contributed by atoms with Gasteiger partial charge in [-0.25, -0.2) is 0 Å². The summed E-state index contributed by atoms with van der Waals surface area (Å²) in [6, 6.07) is 86.2. The average molecular weight is 807 g/mol. The van der Waals surface area contributed by atoms with Gasteiger partial charge < -0.3 is 9.80 Å². The second kappa shape index (κ2) is 16.5. The molecular formula is C61H46N2. The minimum atomic E-state index is -0.461. The van der Waals surface area contributed by atoms with Crippen LogP contribution in [0.3, 0.4) is 0 Å². The van der Waals surface area contributed by atoms with Gasteiger partial charge in [0.25, 0.3) is 0 Å². The molecule has 9 aromatic carbocycles. The Kier molecular flexibility index (Phi) is 9.95. The molecule has 0 saturated carbocycles. The number of anilines is 6. The Labute approximate surface area is 371 Å². The van der Waals surface area contributed by atoms with E-state index in [0.29, 0.717) is 0 Å². The van der Waals surface area contributed by atoms with Crippen molar-refractivity contribution in [3.8, 4) is 33.4 Å². The normalized spacial score (nSPS) is 15.0. The minimum absolute atomic E-state index is 0.461. The molecule has 0 bridgehead atoms. The molecule has 0 heterocycles. The van der Waals surface area contributed by atoms with Gasteiger partial charge in [-0.3, -0.25) is 0 Å². The van der Waals surface area contributed by atoms with Crippen molar-refractivity contribution in [1.82, 2.24) is 0 Å². The average Bonchev–Trinajstić information content (AvgIpc) is 3.67. The Hall–Kier alpha value is -7.94. The summed E-state index contributed by atoms with van der Waals surface area (Å²) in [5, 5.41) is 0. The van der Waals surface area contributed by atoms with E-state index in [1.54, 1.807) is 0 Å². The molecule has 2 heteroatoms. The molecule has 0 spiro atoms. The van der Waals surface area contributed by atoms with Crippen LogP contribution in [0.4, 0.5) is 34.1 Å². The molecule has 2 aliphatic carbocycles. The maximum absolute atomic E-state index is 2.49. The van der Waals surface area contributed by atoms with Gasteiger partial charge in [0.1, 0.15) is 0 Å². The van der Waals surface area contributed by atoms with Crippen molar-refractivity contribution in [2.45, 2.75) is 18.3 Å². The molecule has 2 nitrogen and oxygen atoms in total. The molecule has 0 aliphatic heterocycles. The van der Waals surface area contributed by atoms with Gasteiger partial charge in [-0.15, -0.1) is 0 Å². The molecule has 0 amide bonds. The predicted molar refractivity (Wildman–Crippen MR) is 265 cm³/mol. The van der Waals surface area contributed by atoms with Crippen LogP contribution in [-0.4, -0.2) is 0 Å². The summed E-state index contributed by atoms with van der Waals surface area (Å²) in [6.45, 7) is 0. The molecule has 1 unspecified atom stereocenters. The van der Waals surface area contributed by atoms with Gasteiger partial charge in [0.05, 0.1) is 5.41 Å². The first-order valence-electron chi connectivity index (χ1n) is 22.0. The molecule has 11 rings (SSSR count). The van der Waals surface area contributed by atoms with Gasteiger partial charge in [-0.05, 0) is 142 Å². The third kappa shape index (κ3) is 6.77. The quantitative estimate of drug-likeness (QED) is 0.136. The van der Waals surface area contributed by atoms with Crippen molar-refractivity contribution in [2.24, 2.45) is 0 Å². The number of benzene rings is 9. The lowest BCUT2D eigenvalue weighted by atomic mass is 9.65. The standard InChI is InChI=1S/C61H46N2/c1-7-20-48(21-8-1)61(49-22-9-2-10-23-49)58-33-19-32-56(46-36-41-55(42-37-46)63(52-28-15-5-16-29-52)53-30-17-6-18-31-53)60(58)57-43-38-47(44-59(57)61)45-34-39-54(40-35-45)62(50-24-11-3-12-25-50)51-26-13-4-14-27-51/h1-9,11-22,24-44H,10,23H2. The molecule has 63 heavy (non-hydrogen) atoms. The van der Waals surface area contributed by atoms with Crippen LogP contribution < -0.4 is 9.80 Å². The monoisotopic (exact) mass is 806 g/mol. The van der Waals surface area contributed by atoms with Crippen LogP contribution in [-0.2, 0) is 5.41 Å². The highest BCUT2D eigenvalue weighted by molar-refractivity contribution is 5.97. The molecule has 1 atom stereocenters. The number of para-hydroxylation sites is 4. The van der Waals surface area contributed by atoms with E-state index >= 15 is 0 Å². The smallest absolute Gasteiger partial charge is 0.0677 e. The second-order valence-corrected chi connectivity index (χ2v) is 16.4. The van der Waals surface area contributed by atoms with Crippen LogP contribution in [0.5, 0.6) is 0 Å². The van der Waals surface area contributed by atoms with E-state index in [-0.39, 0.29) is 0 Å². The largest absolute Gasteiger partial charge is 0.311 e. The summed E-state index contributed by atoms with van der Waals surface area (Å²) in [6.07, 6.45) is 8.97. The van der Waals surface area contributed by atoms with Gasteiger partial charge in [-0.2, -0.15) is 0 Å². The highest BCUT2D eigenvalue weighted by Gasteiger charge is 2.48. The van der Waals surface area contributed by atoms with Gasteiger partial charge in [-0.1, -0.05) is 182 Å². The zero-order chi connectivity index (χ0) is 42.0. The Morgan fingerprint density at radius 3 is 1.30 bits per heavy atom. The number of hydrogen-bond donors (Lipinski definition) is 0. The highest BCUT2D eigenvalue weighted by atomic mass is 15.1. The van der Waals surface area contributed by atoms with Gasteiger partial charge >= 0.3 is 0 Å². The lowest BCUT2D eigenvalue weighted by Gasteiger charge is -2.37. The van der Waals surface area contributed by atoms with Crippen molar-refractivity contribution >= 4 is 34.1 Å². The molecule has 0 aromatic heterocycles. The summed E-state index contributed by atoms with van der Waals surface area (Å²) < 4.78 is 0. The first kappa shape index (κ1) is 38.0. The Morgan fingerprint density at radius 2 is 0.810 bits per heavy atom. The summed E-state index contributed by atoms with van der Waals surface area (Å²) in [7, 11) is 0. The Morgan fingerprint density at radius 1 is 0.349 bits per heavy atom. The van der Waals surface area contributed by atoms with E-state index in [1.807, 2.05) is 0 Å². The minimum Gasteiger partial charge on any atom is -0.311 e. The van der Waals surface area contributed by atoms with E-state index in [1.165, 1.54) is 55.6 Å². The summed E-state index contributed by atoms with van der Waals surface area (Å²) in [5.74, 6) is 0. The van der Waals surface area contributed by atoms with Gasteiger partial charge in [0.15, 0.2) is 0 Å². The SMILES string of the molecule is C1=CCCC(C2(c3ccccc3)c3cc(-c4ccc(N(c5ccccc5)c5ccccc5)cc4)ccc3-c3c(-c4ccc(N(c5ccccc5)c5ccccc5)cc4)cccc32)=C1. The first-order chi connectivity index (χ1) is 31.3. The van der Waals surface area contributed by atoms with E-state index in [4.69, 9.17) is 0 Å². The molecule has 0 radical (unpaired) electrons. The summed E-state index contributed by atoms with van der Waals surface area (Å²) in [4.78, 5) is 4.65. The number of nitrogens with zero attached hydrogens (tertiary/aromatic N) is 2. The number of allylic oxidation sites excluding steroid dienone is 4. The van der Waals surface area contributed by atoms with E-state index in [2.05, 4.69) is 265 Å². The first-order valence-corrected chi connectivity index (χ1v) is 22.0. The number of rotatable bonds is 10. The molecular weight excluding hydrogens is 761 g/mol. The third-order valence-electron chi connectivity index (χ3n) is 12.8. The number of hydrogen-bond acceptors (Lipinski definition) is 2. The zero-order valence-corrected chi connectivity index (χ0v) is 35.1. The van der Waals surface area contributed by atoms with Crippen molar-refractivity contribution < 1.29 is 0 Å². The van der Waals surface area contributed by atoms with Crippen LogP contribution in [0, 0.1) is 0 Å². The lowest BCUT2D eigenvalue weighted by Crippen LogP contribution is -2.30. The van der Waals surface area contributed by atoms with Crippen LogP contribution in [0.15, 0.2) is 260 Å². The molecule has 0 N–H and O–H groups in total. The highest BCUT2D eigenvalue weighted by Crippen LogP contribution is 2.60. The summed E-state index contributed by atoms with van der Waals surface area (Å²) >= 11 is 0. The third-order valence-corrected chi connectivity index (χ3v) is 12.8. The zero-order valence-electron chi connectivity index (χ0n) is 35.1. The van der Waals surface area contributed by atoms with E-state index in [0.717, 1.165) is 47.0 Å². The molecule has 300 valence electrons. The molecule has 0 saturated heterocycles. The molecule has 0 fully saturated rings. The molecule has 9 aromatic rings. The predicted octanol–water partition coefficient (Wildman–Crippen LogP) is 16.6. The van der Waals surface area contributed by atoms with Crippen molar-refractivity contribution in [3.63, 3.8) is 0 Å². The topological polar surface area (TPSA) is 6.48 Å². The van der Waals surface area contributed by atoms with E-state index < -0.39 is 5.41 Å². The van der Waals surface area contributed by atoms with E-state index in [9.17, 15) is 0 Å². The maximum Gasteiger partial charge on any atom is 0.0677 e.